The van der Waals surface area contributed by atoms with Crippen LogP contribution in [0.2, 0.25) is 0 Å². The summed E-state index contributed by atoms with van der Waals surface area (Å²) in [5.41, 5.74) is 0. The fourth-order valence-electron chi connectivity index (χ4n) is 1.22. The van der Waals surface area contributed by atoms with Crippen LogP contribution in [-0.4, -0.2) is 31.3 Å². The van der Waals surface area contributed by atoms with Crippen molar-refractivity contribution < 1.29 is 13.2 Å². The predicted octanol–water partition coefficient (Wildman–Crippen LogP) is 0.499. The minimum Gasteiger partial charge on any atom is -0.311 e. The highest BCUT2D eigenvalue weighted by Gasteiger charge is 2.43. The molecule has 5 heteroatoms. The van der Waals surface area contributed by atoms with Crippen molar-refractivity contribution in [1.29, 1.82) is 0 Å². The van der Waals surface area contributed by atoms with Gasteiger partial charge in [0.25, 0.3) is 0 Å². The molecule has 2 N–H and O–H groups in total. The van der Waals surface area contributed by atoms with Crippen molar-refractivity contribution in [2.75, 3.05) is 13.1 Å². The topological polar surface area (TPSA) is 24.1 Å². The Morgan fingerprint density at radius 1 is 1.18 bits per heavy atom. The monoisotopic (exact) mass is 168 g/mol. The SMILES string of the molecule is C[C@H]1NCCN[C@H]1C(F)(F)F. The van der Waals surface area contributed by atoms with Crippen molar-refractivity contribution in [3.05, 3.63) is 0 Å². The second-order valence-electron chi connectivity index (χ2n) is 2.72. The van der Waals surface area contributed by atoms with E-state index in [9.17, 15) is 13.2 Å². The number of piperazine rings is 1. The number of halogens is 3. The van der Waals surface area contributed by atoms with Crippen LogP contribution in [-0.2, 0) is 0 Å². The lowest BCUT2D eigenvalue weighted by molar-refractivity contribution is -0.164. The molecular weight excluding hydrogens is 157 g/mol. The van der Waals surface area contributed by atoms with Gasteiger partial charge in [-0.25, -0.2) is 0 Å². The first-order chi connectivity index (χ1) is 5.02. The average Bonchev–Trinajstić information content (AvgIpc) is 1.86. The lowest BCUT2D eigenvalue weighted by Crippen LogP contribution is -2.60. The number of hydrogen-bond donors (Lipinski definition) is 2. The van der Waals surface area contributed by atoms with E-state index in [1.54, 1.807) is 0 Å². The summed E-state index contributed by atoms with van der Waals surface area (Å²) < 4.78 is 36.3. The number of rotatable bonds is 0. The van der Waals surface area contributed by atoms with Crippen LogP contribution < -0.4 is 10.6 Å². The molecule has 11 heavy (non-hydrogen) atoms. The van der Waals surface area contributed by atoms with E-state index in [4.69, 9.17) is 0 Å². The minimum atomic E-state index is -4.13. The van der Waals surface area contributed by atoms with Crippen LogP contribution in [0, 0.1) is 0 Å². The summed E-state index contributed by atoms with van der Waals surface area (Å²) in [6.45, 7) is 2.52. The zero-order valence-electron chi connectivity index (χ0n) is 6.20. The smallest absolute Gasteiger partial charge is 0.311 e. The Balaban J connectivity index is 2.55. The zero-order valence-corrected chi connectivity index (χ0v) is 6.20. The molecule has 0 aromatic carbocycles. The van der Waals surface area contributed by atoms with Crippen LogP contribution in [0.3, 0.4) is 0 Å². The maximum Gasteiger partial charge on any atom is 0.405 e. The third kappa shape index (κ3) is 2.07. The van der Waals surface area contributed by atoms with Gasteiger partial charge in [0.2, 0.25) is 0 Å². The van der Waals surface area contributed by atoms with E-state index in [-0.39, 0.29) is 0 Å². The Morgan fingerprint density at radius 2 is 1.73 bits per heavy atom. The van der Waals surface area contributed by atoms with Gasteiger partial charge < -0.3 is 10.6 Å². The molecule has 0 aromatic heterocycles. The Kier molecular flexibility index (Phi) is 2.39. The van der Waals surface area contributed by atoms with Crippen molar-refractivity contribution in [3.8, 4) is 0 Å². The van der Waals surface area contributed by atoms with Crippen molar-refractivity contribution in [3.63, 3.8) is 0 Å². The van der Waals surface area contributed by atoms with Crippen LogP contribution in [0.25, 0.3) is 0 Å². The molecule has 0 bridgehead atoms. The fraction of sp³-hybridized carbons (Fsp3) is 1.00. The van der Waals surface area contributed by atoms with E-state index in [0.29, 0.717) is 13.1 Å². The molecule has 0 aromatic rings. The third-order valence-electron chi connectivity index (χ3n) is 1.81. The Hall–Kier alpha value is -0.290. The summed E-state index contributed by atoms with van der Waals surface area (Å²) in [5, 5.41) is 5.18. The molecule has 0 saturated carbocycles. The summed E-state index contributed by atoms with van der Waals surface area (Å²) in [7, 11) is 0. The molecule has 66 valence electrons. The summed E-state index contributed by atoms with van der Waals surface area (Å²) in [4.78, 5) is 0. The van der Waals surface area contributed by atoms with E-state index < -0.39 is 18.3 Å². The van der Waals surface area contributed by atoms with Gasteiger partial charge in [0.15, 0.2) is 0 Å². The van der Waals surface area contributed by atoms with Gasteiger partial charge >= 0.3 is 6.18 Å². The van der Waals surface area contributed by atoms with Crippen molar-refractivity contribution >= 4 is 0 Å². The van der Waals surface area contributed by atoms with Crippen molar-refractivity contribution in [2.45, 2.75) is 25.2 Å². The molecule has 0 unspecified atom stereocenters. The molecule has 0 radical (unpaired) electrons. The van der Waals surface area contributed by atoms with Crippen molar-refractivity contribution in [1.82, 2.24) is 10.6 Å². The van der Waals surface area contributed by atoms with Gasteiger partial charge in [-0.15, -0.1) is 0 Å². The average molecular weight is 168 g/mol. The minimum absolute atomic E-state index is 0.383. The lowest BCUT2D eigenvalue weighted by atomic mass is 10.1. The first kappa shape index (κ1) is 8.80. The summed E-state index contributed by atoms with van der Waals surface area (Å²) >= 11 is 0. The molecule has 1 fully saturated rings. The van der Waals surface area contributed by atoms with E-state index in [0.717, 1.165) is 0 Å². The van der Waals surface area contributed by atoms with E-state index >= 15 is 0 Å². The second kappa shape index (κ2) is 2.98. The molecule has 0 aliphatic carbocycles. The van der Waals surface area contributed by atoms with E-state index in [1.165, 1.54) is 6.92 Å². The lowest BCUT2D eigenvalue weighted by Gasteiger charge is -2.32. The van der Waals surface area contributed by atoms with Crippen molar-refractivity contribution in [2.24, 2.45) is 0 Å². The summed E-state index contributed by atoms with van der Waals surface area (Å²) in [5.74, 6) is 0. The maximum absolute atomic E-state index is 12.1. The number of nitrogens with one attached hydrogen (secondary N) is 2. The zero-order chi connectivity index (χ0) is 8.48. The molecule has 1 aliphatic heterocycles. The normalized spacial score (nSPS) is 33.8. The quantitative estimate of drug-likeness (QED) is 0.550. The second-order valence-corrected chi connectivity index (χ2v) is 2.72. The molecule has 0 spiro atoms. The number of hydrogen-bond acceptors (Lipinski definition) is 2. The summed E-state index contributed by atoms with van der Waals surface area (Å²) in [6, 6.07) is -1.92. The standard InChI is InChI=1S/C6H11F3N2/c1-4-5(6(7,8)9)11-3-2-10-4/h4-5,10-11H,2-3H2,1H3/t4-,5-/m1/s1. The highest BCUT2D eigenvalue weighted by atomic mass is 19.4. The van der Waals surface area contributed by atoms with E-state index in [1.807, 2.05) is 0 Å². The van der Waals surface area contributed by atoms with Gasteiger partial charge in [-0.2, -0.15) is 13.2 Å². The van der Waals surface area contributed by atoms with Gasteiger partial charge in [-0.1, -0.05) is 0 Å². The highest BCUT2D eigenvalue weighted by Crippen LogP contribution is 2.23. The molecule has 0 amide bonds. The third-order valence-corrected chi connectivity index (χ3v) is 1.81. The van der Waals surface area contributed by atoms with Crippen LogP contribution in [0.4, 0.5) is 13.2 Å². The van der Waals surface area contributed by atoms with Crippen LogP contribution >= 0.6 is 0 Å². The Bertz CT molecular complexity index is 134. The highest BCUT2D eigenvalue weighted by molar-refractivity contribution is 4.88. The van der Waals surface area contributed by atoms with Gasteiger partial charge in [0.05, 0.1) is 0 Å². The molecule has 1 heterocycles. The first-order valence-corrected chi connectivity index (χ1v) is 3.55. The summed E-state index contributed by atoms with van der Waals surface area (Å²) in [6.07, 6.45) is -4.13. The molecule has 1 saturated heterocycles. The largest absolute Gasteiger partial charge is 0.405 e. The van der Waals surface area contributed by atoms with E-state index in [2.05, 4.69) is 10.6 Å². The van der Waals surface area contributed by atoms with Crippen LogP contribution in [0.1, 0.15) is 6.92 Å². The Labute approximate surface area is 63.2 Å². The fourth-order valence-corrected chi connectivity index (χ4v) is 1.22. The molecule has 2 atom stereocenters. The van der Waals surface area contributed by atoms with Gasteiger partial charge in [0.1, 0.15) is 6.04 Å². The molecular formula is C6H11F3N2. The van der Waals surface area contributed by atoms with Gasteiger partial charge in [-0.05, 0) is 6.92 Å². The maximum atomic E-state index is 12.1. The predicted molar refractivity (Wildman–Crippen MR) is 35.3 cm³/mol. The number of alkyl halides is 3. The van der Waals surface area contributed by atoms with Crippen LogP contribution in [0.5, 0.6) is 0 Å². The Morgan fingerprint density at radius 3 is 2.09 bits per heavy atom. The first-order valence-electron chi connectivity index (χ1n) is 3.55. The molecule has 1 aliphatic rings. The van der Waals surface area contributed by atoms with Crippen LogP contribution in [0.15, 0.2) is 0 Å². The van der Waals surface area contributed by atoms with Gasteiger partial charge in [-0.3, -0.25) is 0 Å². The molecule has 2 nitrogen and oxygen atoms in total. The van der Waals surface area contributed by atoms with Gasteiger partial charge in [0, 0.05) is 19.1 Å². The molecule has 1 rings (SSSR count).